The first kappa shape index (κ1) is 11.9. The number of hydrogen-bond acceptors (Lipinski definition) is 1. The van der Waals surface area contributed by atoms with Crippen LogP contribution in [0.25, 0.3) is 0 Å². The Bertz CT molecular complexity index is 360. The van der Waals surface area contributed by atoms with Gasteiger partial charge in [-0.25, -0.2) is 0 Å². The van der Waals surface area contributed by atoms with E-state index in [1.54, 1.807) is 0 Å². The van der Waals surface area contributed by atoms with E-state index in [0.29, 0.717) is 0 Å². The summed E-state index contributed by atoms with van der Waals surface area (Å²) in [6, 6.07) is 6.24. The predicted octanol–water partition coefficient (Wildman–Crippen LogP) is 3.93. The molecular weight excluding hydrogens is 218 g/mol. The summed E-state index contributed by atoms with van der Waals surface area (Å²) in [4.78, 5) is 0. The zero-order chi connectivity index (χ0) is 11.8. The molecule has 1 N–H and O–H groups in total. The number of halogens is 1. The molecule has 0 aliphatic heterocycles. The number of rotatable bonds is 4. The fraction of sp³-hybridized carbons (Fsp3) is 0.571. The smallest absolute Gasteiger partial charge is 0.0411 e. The van der Waals surface area contributed by atoms with Crippen molar-refractivity contribution in [2.45, 2.75) is 45.7 Å². The van der Waals surface area contributed by atoms with Crippen LogP contribution < -0.4 is 5.32 Å². The lowest BCUT2D eigenvalue weighted by atomic mass is 9.98. The van der Waals surface area contributed by atoms with Crippen molar-refractivity contribution in [3.8, 4) is 0 Å². The molecule has 0 amide bonds. The second-order valence-corrected chi connectivity index (χ2v) is 5.92. The predicted molar refractivity (Wildman–Crippen MR) is 69.8 cm³/mol. The first-order valence-corrected chi connectivity index (χ1v) is 6.36. The summed E-state index contributed by atoms with van der Waals surface area (Å²) in [6.07, 6.45) is 2.74. The van der Waals surface area contributed by atoms with Gasteiger partial charge in [-0.1, -0.05) is 17.7 Å². The number of hydrogen-bond donors (Lipinski definition) is 1. The molecular formula is C14H20ClN. The topological polar surface area (TPSA) is 12.0 Å². The molecule has 0 bridgehead atoms. The fourth-order valence-corrected chi connectivity index (χ4v) is 2.51. The van der Waals surface area contributed by atoms with Crippen LogP contribution in [0.15, 0.2) is 18.2 Å². The highest BCUT2D eigenvalue weighted by atomic mass is 35.5. The lowest BCUT2D eigenvalue weighted by Gasteiger charge is -2.26. The third-order valence-corrected chi connectivity index (χ3v) is 3.67. The number of benzene rings is 1. The summed E-state index contributed by atoms with van der Waals surface area (Å²) in [5.41, 5.74) is 2.77. The van der Waals surface area contributed by atoms with Crippen LogP contribution in [-0.4, -0.2) is 5.54 Å². The highest BCUT2D eigenvalue weighted by molar-refractivity contribution is 6.30. The van der Waals surface area contributed by atoms with E-state index in [9.17, 15) is 0 Å². The largest absolute Gasteiger partial charge is 0.307 e. The maximum atomic E-state index is 6.05. The van der Waals surface area contributed by atoms with Crippen molar-refractivity contribution in [3.05, 3.63) is 34.3 Å². The Hall–Kier alpha value is -0.530. The van der Waals surface area contributed by atoms with Gasteiger partial charge in [-0.15, -0.1) is 0 Å². The minimum Gasteiger partial charge on any atom is -0.307 e. The molecule has 0 unspecified atom stereocenters. The standard InChI is InChI=1S/C14H20ClN/c1-10-6-11(8-13(15)7-10)9-16-14(2,3)12-4-5-12/h6-8,12,16H,4-5,9H2,1-3H3. The van der Waals surface area contributed by atoms with Gasteiger partial charge in [0.15, 0.2) is 0 Å². The van der Waals surface area contributed by atoms with Gasteiger partial charge in [0.1, 0.15) is 0 Å². The van der Waals surface area contributed by atoms with Gasteiger partial charge in [-0.05, 0) is 62.8 Å². The first-order valence-electron chi connectivity index (χ1n) is 5.98. The second kappa shape index (κ2) is 4.38. The molecule has 0 radical (unpaired) electrons. The van der Waals surface area contributed by atoms with Crippen LogP contribution in [0.3, 0.4) is 0 Å². The molecule has 1 saturated carbocycles. The van der Waals surface area contributed by atoms with E-state index in [4.69, 9.17) is 11.6 Å². The Balaban J connectivity index is 1.98. The first-order chi connectivity index (χ1) is 7.47. The van der Waals surface area contributed by atoms with E-state index in [2.05, 4.69) is 32.2 Å². The highest BCUT2D eigenvalue weighted by Crippen LogP contribution is 2.39. The van der Waals surface area contributed by atoms with Crippen LogP contribution in [0, 0.1) is 12.8 Å². The van der Waals surface area contributed by atoms with Crippen LogP contribution in [0.4, 0.5) is 0 Å². The third kappa shape index (κ3) is 2.99. The maximum absolute atomic E-state index is 6.05. The van der Waals surface area contributed by atoms with Gasteiger partial charge < -0.3 is 5.32 Å². The molecule has 88 valence electrons. The van der Waals surface area contributed by atoms with Crippen molar-refractivity contribution in [1.29, 1.82) is 0 Å². The molecule has 0 saturated heterocycles. The quantitative estimate of drug-likeness (QED) is 0.837. The minimum absolute atomic E-state index is 0.260. The summed E-state index contributed by atoms with van der Waals surface area (Å²) in [5, 5.41) is 4.47. The fourth-order valence-electron chi connectivity index (χ4n) is 2.19. The van der Waals surface area contributed by atoms with E-state index in [-0.39, 0.29) is 5.54 Å². The van der Waals surface area contributed by atoms with Crippen molar-refractivity contribution >= 4 is 11.6 Å². The van der Waals surface area contributed by atoms with Gasteiger partial charge >= 0.3 is 0 Å². The van der Waals surface area contributed by atoms with Crippen LogP contribution >= 0.6 is 11.6 Å². The van der Waals surface area contributed by atoms with Gasteiger partial charge in [0.2, 0.25) is 0 Å². The van der Waals surface area contributed by atoms with Crippen molar-refractivity contribution in [3.63, 3.8) is 0 Å². The Morgan fingerprint density at radius 3 is 2.56 bits per heavy atom. The van der Waals surface area contributed by atoms with Gasteiger partial charge in [-0.3, -0.25) is 0 Å². The highest BCUT2D eigenvalue weighted by Gasteiger charge is 2.37. The monoisotopic (exact) mass is 237 g/mol. The van der Waals surface area contributed by atoms with Crippen LogP contribution in [0.1, 0.15) is 37.8 Å². The van der Waals surface area contributed by atoms with Crippen molar-refractivity contribution in [1.82, 2.24) is 5.32 Å². The molecule has 1 aromatic rings. The Morgan fingerprint density at radius 1 is 1.31 bits per heavy atom. The van der Waals surface area contributed by atoms with E-state index in [1.807, 2.05) is 12.1 Å². The van der Waals surface area contributed by atoms with E-state index >= 15 is 0 Å². The van der Waals surface area contributed by atoms with Crippen molar-refractivity contribution in [2.75, 3.05) is 0 Å². The Morgan fingerprint density at radius 2 is 2.00 bits per heavy atom. The minimum atomic E-state index is 0.260. The number of aryl methyl sites for hydroxylation is 1. The van der Waals surface area contributed by atoms with Gasteiger partial charge in [-0.2, -0.15) is 0 Å². The van der Waals surface area contributed by atoms with Crippen LogP contribution in [-0.2, 0) is 6.54 Å². The molecule has 1 fully saturated rings. The summed E-state index contributed by atoms with van der Waals surface area (Å²) in [5.74, 6) is 0.854. The van der Waals surface area contributed by atoms with Crippen LogP contribution in [0.5, 0.6) is 0 Å². The van der Waals surface area contributed by atoms with E-state index in [1.165, 1.54) is 24.0 Å². The molecule has 0 heterocycles. The van der Waals surface area contributed by atoms with E-state index in [0.717, 1.165) is 17.5 Å². The molecule has 0 aromatic heterocycles. The molecule has 1 aliphatic rings. The molecule has 1 nitrogen and oxygen atoms in total. The normalized spacial score (nSPS) is 16.5. The molecule has 16 heavy (non-hydrogen) atoms. The maximum Gasteiger partial charge on any atom is 0.0411 e. The second-order valence-electron chi connectivity index (χ2n) is 5.49. The average Bonchev–Trinajstić information content (AvgIpc) is 2.96. The molecule has 2 rings (SSSR count). The average molecular weight is 238 g/mol. The van der Waals surface area contributed by atoms with E-state index < -0.39 is 0 Å². The summed E-state index contributed by atoms with van der Waals surface area (Å²) in [7, 11) is 0. The summed E-state index contributed by atoms with van der Waals surface area (Å²) in [6.45, 7) is 7.58. The molecule has 2 heteroatoms. The van der Waals surface area contributed by atoms with Crippen molar-refractivity contribution < 1.29 is 0 Å². The zero-order valence-electron chi connectivity index (χ0n) is 10.3. The number of nitrogens with one attached hydrogen (secondary N) is 1. The van der Waals surface area contributed by atoms with Gasteiger partial charge in [0, 0.05) is 17.1 Å². The Labute approximate surface area is 103 Å². The van der Waals surface area contributed by atoms with Gasteiger partial charge in [0.25, 0.3) is 0 Å². The Kier molecular flexibility index (Phi) is 3.27. The van der Waals surface area contributed by atoms with Crippen LogP contribution in [0.2, 0.25) is 5.02 Å². The zero-order valence-corrected chi connectivity index (χ0v) is 11.1. The molecule has 1 aliphatic carbocycles. The molecule has 0 spiro atoms. The van der Waals surface area contributed by atoms with Crippen molar-refractivity contribution in [2.24, 2.45) is 5.92 Å². The lowest BCUT2D eigenvalue weighted by molar-refractivity contribution is 0.339. The lowest BCUT2D eigenvalue weighted by Crippen LogP contribution is -2.40. The molecule has 1 aromatic carbocycles. The SMILES string of the molecule is Cc1cc(Cl)cc(CNC(C)(C)C2CC2)c1. The van der Waals surface area contributed by atoms with Gasteiger partial charge in [0.05, 0.1) is 0 Å². The summed E-state index contributed by atoms with van der Waals surface area (Å²) >= 11 is 6.05. The molecule has 0 atom stereocenters. The third-order valence-electron chi connectivity index (χ3n) is 3.45. The summed E-state index contributed by atoms with van der Waals surface area (Å²) < 4.78 is 0.